The van der Waals surface area contributed by atoms with Gasteiger partial charge in [-0.25, -0.2) is 4.79 Å². The summed E-state index contributed by atoms with van der Waals surface area (Å²) in [6.45, 7) is 4.30. The molecule has 26 heavy (non-hydrogen) atoms. The number of thiophene rings is 1. The number of benzene rings is 2. The van der Waals surface area contributed by atoms with Crippen LogP contribution in [-0.4, -0.2) is 18.7 Å². The van der Waals surface area contributed by atoms with Gasteiger partial charge in [0.2, 0.25) is 0 Å². The van der Waals surface area contributed by atoms with Crippen LogP contribution in [0, 0.1) is 0 Å². The molecule has 0 bridgehead atoms. The summed E-state index contributed by atoms with van der Waals surface area (Å²) in [7, 11) is 0. The average Bonchev–Trinajstić information content (AvgIpc) is 3.16. The summed E-state index contributed by atoms with van der Waals surface area (Å²) in [5.41, 5.74) is 0. The number of ether oxygens (including phenoxy) is 2. The topological polar surface area (TPSA) is 47.6 Å². The smallest absolute Gasteiger partial charge is 0.407 e. The SMILES string of the molecule is CCNC(=O)OC(C)C[C@H](Oc1cccc2ccccc12)c1cccs1. The highest BCUT2D eigenvalue weighted by Crippen LogP contribution is 2.33. The van der Waals surface area contributed by atoms with Crippen molar-refractivity contribution < 1.29 is 14.3 Å². The van der Waals surface area contributed by atoms with Crippen LogP contribution < -0.4 is 10.1 Å². The molecule has 136 valence electrons. The van der Waals surface area contributed by atoms with E-state index in [9.17, 15) is 4.79 Å². The second kappa shape index (κ2) is 8.72. The number of nitrogens with one attached hydrogen (secondary N) is 1. The first-order valence-electron chi connectivity index (χ1n) is 8.79. The quantitative estimate of drug-likeness (QED) is 0.594. The molecule has 4 nitrogen and oxygen atoms in total. The number of amides is 1. The summed E-state index contributed by atoms with van der Waals surface area (Å²) in [6, 6.07) is 18.3. The second-order valence-corrected chi connectivity index (χ2v) is 7.06. The molecule has 0 aliphatic heterocycles. The molecular formula is C21H23NO3S. The molecular weight excluding hydrogens is 346 g/mol. The molecule has 0 aliphatic rings. The summed E-state index contributed by atoms with van der Waals surface area (Å²) in [6.07, 6.45) is -0.245. The molecule has 0 spiro atoms. The molecule has 1 unspecified atom stereocenters. The Labute approximate surface area is 157 Å². The minimum Gasteiger partial charge on any atom is -0.484 e. The van der Waals surface area contributed by atoms with E-state index < -0.39 is 6.09 Å². The fourth-order valence-corrected chi connectivity index (χ4v) is 3.63. The molecule has 3 aromatic rings. The van der Waals surface area contributed by atoms with E-state index in [1.807, 2.05) is 49.6 Å². The zero-order chi connectivity index (χ0) is 18.4. The van der Waals surface area contributed by atoms with Crippen LogP contribution in [0.3, 0.4) is 0 Å². The van der Waals surface area contributed by atoms with Crippen molar-refractivity contribution >= 4 is 28.2 Å². The molecule has 2 atom stereocenters. The number of carbonyl (C=O) groups excluding carboxylic acids is 1. The lowest BCUT2D eigenvalue weighted by molar-refractivity contribution is 0.0724. The second-order valence-electron chi connectivity index (χ2n) is 6.08. The summed E-state index contributed by atoms with van der Waals surface area (Å²) >= 11 is 1.65. The highest BCUT2D eigenvalue weighted by atomic mass is 32.1. The van der Waals surface area contributed by atoms with Gasteiger partial charge >= 0.3 is 6.09 Å². The normalized spacial score (nSPS) is 13.2. The number of carbonyl (C=O) groups is 1. The summed E-state index contributed by atoms with van der Waals surface area (Å²) < 4.78 is 11.8. The first-order chi connectivity index (χ1) is 12.7. The van der Waals surface area contributed by atoms with Crippen molar-refractivity contribution in [1.29, 1.82) is 0 Å². The van der Waals surface area contributed by atoms with E-state index in [1.165, 1.54) is 0 Å². The van der Waals surface area contributed by atoms with Crippen LogP contribution in [0.5, 0.6) is 5.75 Å². The molecule has 1 aromatic heterocycles. The lowest BCUT2D eigenvalue weighted by Gasteiger charge is -2.22. The van der Waals surface area contributed by atoms with Gasteiger partial charge in [-0.1, -0.05) is 42.5 Å². The third-order valence-electron chi connectivity index (χ3n) is 4.05. The maximum Gasteiger partial charge on any atom is 0.407 e. The Morgan fingerprint density at radius 1 is 1.12 bits per heavy atom. The van der Waals surface area contributed by atoms with Gasteiger partial charge in [0, 0.05) is 23.2 Å². The minimum atomic E-state index is -0.393. The molecule has 0 saturated heterocycles. The van der Waals surface area contributed by atoms with Gasteiger partial charge in [-0.15, -0.1) is 11.3 Å². The zero-order valence-electron chi connectivity index (χ0n) is 15.0. The Hall–Kier alpha value is -2.53. The van der Waals surface area contributed by atoms with E-state index in [0.29, 0.717) is 13.0 Å². The predicted molar refractivity (Wildman–Crippen MR) is 106 cm³/mol. The van der Waals surface area contributed by atoms with E-state index >= 15 is 0 Å². The first kappa shape index (κ1) is 18.3. The van der Waals surface area contributed by atoms with E-state index in [1.54, 1.807) is 11.3 Å². The molecule has 5 heteroatoms. The van der Waals surface area contributed by atoms with Gasteiger partial charge in [-0.05, 0) is 36.7 Å². The highest BCUT2D eigenvalue weighted by Gasteiger charge is 2.21. The molecule has 0 aliphatic carbocycles. The Kier molecular flexibility index (Phi) is 6.12. The standard InChI is InChI=1S/C21H23NO3S/c1-3-22-21(23)24-15(2)14-19(20-12-7-13-26-20)25-18-11-6-9-16-8-4-5-10-17(16)18/h4-13,15,19H,3,14H2,1-2H3,(H,22,23)/t15?,19-/m0/s1. The van der Waals surface area contributed by atoms with Crippen LogP contribution in [-0.2, 0) is 4.74 Å². The Morgan fingerprint density at radius 2 is 1.92 bits per heavy atom. The van der Waals surface area contributed by atoms with Gasteiger partial charge in [0.1, 0.15) is 18.0 Å². The fourth-order valence-electron chi connectivity index (χ4n) is 2.87. The van der Waals surface area contributed by atoms with Crippen molar-refractivity contribution in [1.82, 2.24) is 5.32 Å². The molecule has 1 heterocycles. The lowest BCUT2D eigenvalue weighted by Crippen LogP contribution is -2.28. The van der Waals surface area contributed by atoms with Crippen molar-refractivity contribution in [3.05, 3.63) is 64.9 Å². The van der Waals surface area contributed by atoms with Crippen molar-refractivity contribution in [2.24, 2.45) is 0 Å². The van der Waals surface area contributed by atoms with E-state index in [-0.39, 0.29) is 12.2 Å². The number of hydrogen-bond acceptors (Lipinski definition) is 4. The van der Waals surface area contributed by atoms with E-state index in [4.69, 9.17) is 9.47 Å². The van der Waals surface area contributed by atoms with Crippen molar-refractivity contribution in [3.63, 3.8) is 0 Å². The Bertz CT molecular complexity index is 842. The van der Waals surface area contributed by atoms with Gasteiger partial charge < -0.3 is 14.8 Å². The molecule has 1 N–H and O–H groups in total. The van der Waals surface area contributed by atoms with E-state index in [0.717, 1.165) is 21.4 Å². The molecule has 1 amide bonds. The monoisotopic (exact) mass is 369 g/mol. The van der Waals surface area contributed by atoms with Gasteiger partial charge in [-0.2, -0.15) is 0 Å². The van der Waals surface area contributed by atoms with Crippen molar-refractivity contribution in [3.8, 4) is 5.75 Å². The zero-order valence-corrected chi connectivity index (χ0v) is 15.8. The van der Waals surface area contributed by atoms with Crippen molar-refractivity contribution in [2.75, 3.05) is 6.54 Å². The number of rotatable bonds is 7. The average molecular weight is 369 g/mol. The maximum absolute atomic E-state index is 11.7. The molecule has 0 fully saturated rings. The maximum atomic E-state index is 11.7. The summed E-state index contributed by atoms with van der Waals surface area (Å²) in [5.74, 6) is 0.840. The van der Waals surface area contributed by atoms with E-state index in [2.05, 4.69) is 29.6 Å². The number of fused-ring (bicyclic) bond motifs is 1. The van der Waals surface area contributed by atoms with Crippen LogP contribution in [0.25, 0.3) is 10.8 Å². The summed E-state index contributed by atoms with van der Waals surface area (Å²) in [4.78, 5) is 12.8. The van der Waals surface area contributed by atoms with Gasteiger partial charge in [0.25, 0.3) is 0 Å². The third-order valence-corrected chi connectivity index (χ3v) is 5.02. The highest BCUT2D eigenvalue weighted by molar-refractivity contribution is 7.10. The molecule has 2 aromatic carbocycles. The van der Waals surface area contributed by atoms with Crippen LogP contribution in [0.2, 0.25) is 0 Å². The van der Waals surface area contributed by atoms with Gasteiger partial charge in [0.05, 0.1) is 0 Å². The van der Waals surface area contributed by atoms with Gasteiger partial charge in [-0.3, -0.25) is 0 Å². The Morgan fingerprint density at radius 3 is 2.69 bits per heavy atom. The van der Waals surface area contributed by atoms with Crippen molar-refractivity contribution in [2.45, 2.75) is 32.5 Å². The minimum absolute atomic E-state index is 0.176. The largest absolute Gasteiger partial charge is 0.484 e. The lowest BCUT2D eigenvalue weighted by atomic mass is 10.1. The van der Waals surface area contributed by atoms with Crippen LogP contribution in [0.4, 0.5) is 4.79 Å². The molecule has 0 radical (unpaired) electrons. The predicted octanol–water partition coefficient (Wildman–Crippen LogP) is 5.55. The van der Waals surface area contributed by atoms with Gasteiger partial charge in [0.15, 0.2) is 0 Å². The number of hydrogen-bond donors (Lipinski definition) is 1. The molecule has 3 rings (SSSR count). The van der Waals surface area contributed by atoms with Crippen LogP contribution >= 0.6 is 11.3 Å². The number of alkyl carbamates (subject to hydrolysis) is 1. The Balaban J connectivity index is 1.80. The third kappa shape index (κ3) is 4.55. The van der Waals surface area contributed by atoms with Crippen LogP contribution in [0.1, 0.15) is 31.2 Å². The first-order valence-corrected chi connectivity index (χ1v) is 9.67. The van der Waals surface area contributed by atoms with Crippen LogP contribution in [0.15, 0.2) is 60.0 Å². The molecule has 0 saturated carbocycles. The summed E-state index contributed by atoms with van der Waals surface area (Å²) in [5, 5.41) is 6.91. The fraction of sp³-hybridized carbons (Fsp3) is 0.286.